The third-order valence-electron chi connectivity index (χ3n) is 18.5. The van der Waals surface area contributed by atoms with Crippen LogP contribution in [0.5, 0.6) is 0 Å². The van der Waals surface area contributed by atoms with Gasteiger partial charge in [-0.1, -0.05) is 255 Å². The van der Waals surface area contributed by atoms with Crippen LogP contribution in [-0.4, -0.2) is 125 Å². The lowest BCUT2D eigenvalue weighted by Gasteiger charge is -2.76. The van der Waals surface area contributed by atoms with Crippen LogP contribution >= 0.6 is 0 Å². The standard InChI is InChI=1S/C68H80O18Si12/c1-87(2,3)71-65(69)53-33-35-55-89(7)77-93(59-41-21-11-22-42-59)73-67-75-95(83-93,61-45-25-13-26-46-61)86-98(64-51-31-16-32-52-64)80-90(8,56-36-34-54-66(70)72-88(4,5)6)78-94(60-43-23-12-24-44-60)74-68(92(67,82-98)58-39-19-10-20-40-58)76-96(84-94,62-47-27-14-28-48-62)85-97(79-89,63-49-29-15-30-50-63)81-91(67,68)57-37-17-9-18-38-57/h9-32,37-52H,33-36,53-56H2,1-8H3. The Morgan fingerprint density at radius 2 is 0.510 bits per heavy atom. The molecular formula is C68H80O18Si12. The van der Waals surface area contributed by atoms with E-state index in [1.54, 1.807) is 0 Å². The number of fused-ring (bicyclic) bond motifs is 6. The van der Waals surface area contributed by atoms with Gasteiger partial charge in [0.25, 0.3) is 11.9 Å². The molecule has 0 N–H and O–H groups in total. The van der Waals surface area contributed by atoms with Crippen molar-refractivity contribution in [2.75, 3.05) is 0 Å². The summed E-state index contributed by atoms with van der Waals surface area (Å²) >= 11 is 0. The Hall–Kier alpha value is -5.26. The van der Waals surface area contributed by atoms with E-state index in [4.69, 9.17) is 67.7 Å². The lowest BCUT2D eigenvalue weighted by atomic mass is 10.2. The van der Waals surface area contributed by atoms with Crippen LogP contribution < -0.4 is 41.5 Å². The van der Waals surface area contributed by atoms with Crippen molar-refractivity contribution in [1.29, 1.82) is 0 Å². The fourth-order valence-corrected chi connectivity index (χ4v) is 81.3. The van der Waals surface area contributed by atoms with Crippen LogP contribution in [0.3, 0.4) is 0 Å². The predicted molar refractivity (Wildman–Crippen MR) is 395 cm³/mol. The SMILES string of the molecule is C[Si](C)(C)OC(=O)CCCC[Si]1(C)O[Si]2(c3ccccc3)OC34O[Si](c5ccccc5)(O2)O[Si]2(c5ccccc5)O[Si](C)(CCCCC(=O)O[Si](C)(C)C)O[Si]5(c6ccccc6)OC6(O[Si](c7ccccc7)(O5)O[Si](c5ccccc5)(O1)O[Si]63c1ccccc1)[Si]4(c1ccccc1)O2. The fraction of sp³-hybridized carbons (Fsp3) is 0.265. The van der Waals surface area contributed by atoms with Crippen LogP contribution in [0.1, 0.15) is 38.5 Å². The molecule has 508 valence electrons. The van der Waals surface area contributed by atoms with Gasteiger partial charge in [0.05, 0.1) is 0 Å². The Balaban J connectivity index is 1.13. The van der Waals surface area contributed by atoms with Crippen molar-refractivity contribution in [1.82, 2.24) is 0 Å². The first kappa shape index (κ1) is 68.5. The van der Waals surface area contributed by atoms with Gasteiger partial charge in [-0.05, 0) is 87.7 Å². The summed E-state index contributed by atoms with van der Waals surface area (Å²) in [6.07, 6.45) is 2.07. The van der Waals surface area contributed by atoms with Gasteiger partial charge in [0, 0.05) is 44.0 Å². The second-order valence-electron chi connectivity index (χ2n) is 28.1. The molecule has 8 aromatic rings. The third kappa shape index (κ3) is 11.4. The highest BCUT2D eigenvalue weighted by atomic mass is 28.6. The topological polar surface area (TPSA) is 182 Å². The molecule has 10 bridgehead atoms. The van der Waals surface area contributed by atoms with Crippen molar-refractivity contribution in [2.24, 2.45) is 0 Å². The monoisotopic (exact) mass is 1520 g/mol. The fourth-order valence-electron chi connectivity index (χ4n) is 14.7. The molecule has 0 aliphatic carbocycles. The number of unbranched alkanes of at least 4 members (excludes halogenated alkanes) is 2. The van der Waals surface area contributed by atoms with E-state index < -0.39 is 113 Å². The molecule has 8 atom stereocenters. The molecule has 15 rings (SSSR count). The van der Waals surface area contributed by atoms with Crippen molar-refractivity contribution in [2.45, 2.75) is 113 Å². The van der Waals surface area contributed by atoms with E-state index in [0.717, 1.165) is 0 Å². The zero-order valence-corrected chi connectivity index (χ0v) is 68.1. The molecule has 8 unspecified atom stereocenters. The van der Waals surface area contributed by atoms with E-state index in [1.165, 1.54) is 0 Å². The summed E-state index contributed by atoms with van der Waals surface area (Å²) in [5.74, 6) is -0.524. The molecule has 2 spiro atoms. The maximum atomic E-state index is 13.8. The first-order chi connectivity index (χ1) is 46.9. The van der Waals surface area contributed by atoms with Crippen molar-refractivity contribution in [3.8, 4) is 0 Å². The zero-order valence-electron chi connectivity index (χ0n) is 56.1. The summed E-state index contributed by atoms with van der Waals surface area (Å²) in [7, 11) is -53.6. The molecule has 18 nitrogen and oxygen atoms in total. The molecule has 98 heavy (non-hydrogen) atoms. The minimum absolute atomic E-state index is 0.163. The minimum Gasteiger partial charge on any atom is -0.520 e. The number of carbonyl (C=O) groups is 2. The minimum atomic E-state index is -5.22. The van der Waals surface area contributed by atoms with Gasteiger partial charge >= 0.3 is 86.6 Å². The van der Waals surface area contributed by atoms with Crippen LogP contribution in [0.4, 0.5) is 0 Å². The number of benzene rings is 8. The summed E-state index contributed by atoms with van der Waals surface area (Å²) in [4.78, 5) is 27.5. The van der Waals surface area contributed by atoms with E-state index in [1.807, 2.05) is 295 Å². The van der Waals surface area contributed by atoms with Gasteiger partial charge in [0.2, 0.25) is 26.7 Å². The van der Waals surface area contributed by atoms with Crippen molar-refractivity contribution >= 4 is 157 Å². The number of rotatable bonds is 20. The first-order valence-corrected chi connectivity index (χ1v) is 59.7. The summed E-state index contributed by atoms with van der Waals surface area (Å²) in [6, 6.07) is 79.6. The highest BCUT2D eigenvalue weighted by Crippen LogP contribution is 2.70. The van der Waals surface area contributed by atoms with Crippen LogP contribution in [-0.2, 0) is 77.3 Å². The molecule has 0 amide bonds. The molecular weight excluding hydrogens is 1440 g/mol. The summed E-state index contributed by atoms with van der Waals surface area (Å²) in [5, 5.41) is 0.268. The Labute approximate surface area is 585 Å². The van der Waals surface area contributed by atoms with Crippen LogP contribution in [0.15, 0.2) is 243 Å². The lowest BCUT2D eigenvalue weighted by molar-refractivity contribution is -0.179. The van der Waals surface area contributed by atoms with Crippen molar-refractivity contribution in [3.05, 3.63) is 243 Å². The molecule has 30 heteroatoms. The first-order valence-electron chi connectivity index (χ1n) is 33.6. The molecule has 0 saturated carbocycles. The van der Waals surface area contributed by atoms with E-state index in [2.05, 4.69) is 0 Å². The maximum absolute atomic E-state index is 13.8. The van der Waals surface area contributed by atoms with Crippen LogP contribution in [0.2, 0.25) is 64.5 Å². The molecule has 0 aromatic heterocycles. The molecule has 8 aromatic carbocycles. The van der Waals surface area contributed by atoms with Crippen molar-refractivity contribution in [3.63, 3.8) is 0 Å². The highest BCUT2D eigenvalue weighted by Gasteiger charge is 3.08. The Morgan fingerprint density at radius 3 is 0.765 bits per heavy atom. The van der Waals surface area contributed by atoms with Gasteiger partial charge in [-0.15, -0.1) is 0 Å². The molecule has 7 fully saturated rings. The largest absolute Gasteiger partial charge is 0.524 e. The Bertz CT molecular complexity index is 3940. The number of carbonyl (C=O) groups excluding carboxylic acids is 2. The number of hydrogen-bond acceptors (Lipinski definition) is 18. The van der Waals surface area contributed by atoms with Crippen molar-refractivity contribution < 1.29 is 77.3 Å². The molecule has 7 heterocycles. The van der Waals surface area contributed by atoms with Gasteiger partial charge in [0.15, 0.2) is 0 Å². The van der Waals surface area contributed by atoms with Gasteiger partial charge < -0.3 is 67.7 Å². The smallest absolute Gasteiger partial charge is 0.520 e. The summed E-state index contributed by atoms with van der Waals surface area (Å²) < 4.78 is 134. The zero-order chi connectivity index (χ0) is 68.0. The molecule has 7 aliphatic rings. The van der Waals surface area contributed by atoms with E-state index in [9.17, 15) is 9.59 Å². The van der Waals surface area contributed by atoms with Crippen LogP contribution in [0.25, 0.3) is 0 Å². The third-order valence-corrected chi connectivity index (χ3v) is 68.3. The van der Waals surface area contributed by atoms with Gasteiger partial charge in [-0.2, -0.15) is 0 Å². The lowest BCUT2D eigenvalue weighted by Crippen LogP contribution is -3.14. The van der Waals surface area contributed by atoms with Crippen LogP contribution in [0, 0.1) is 0 Å². The normalized spacial score (nSPS) is 34.4. The second kappa shape index (κ2) is 25.3. The molecule has 7 aliphatic heterocycles. The average molecular weight is 1520 g/mol. The maximum Gasteiger partial charge on any atom is 0.524 e. The Morgan fingerprint density at radius 1 is 0.296 bits per heavy atom. The number of hydrogen-bond donors (Lipinski definition) is 0. The summed E-state index contributed by atoms with van der Waals surface area (Å²) in [5.41, 5.74) is 0. The molecule has 0 radical (unpaired) electrons. The van der Waals surface area contributed by atoms with Gasteiger partial charge in [-0.3, -0.25) is 9.59 Å². The second-order valence-corrected chi connectivity index (χ2v) is 69.2. The Kier molecular flexibility index (Phi) is 17.7. The predicted octanol–water partition coefficient (Wildman–Crippen LogP) is 7.89. The molecule has 7 saturated heterocycles. The van der Waals surface area contributed by atoms with E-state index in [0.29, 0.717) is 67.2 Å². The quantitative estimate of drug-likeness (QED) is 0.0530. The van der Waals surface area contributed by atoms with Gasteiger partial charge in [-0.25, -0.2) is 0 Å². The van der Waals surface area contributed by atoms with Gasteiger partial charge in [0.1, 0.15) is 0 Å². The average Bonchev–Trinajstić information content (AvgIpc) is 1.18. The highest BCUT2D eigenvalue weighted by molar-refractivity contribution is 7.30. The van der Waals surface area contributed by atoms with E-state index >= 15 is 0 Å². The summed E-state index contributed by atoms with van der Waals surface area (Å²) in [6.45, 7) is 16.1. The van der Waals surface area contributed by atoms with E-state index in [-0.39, 0.29) is 36.9 Å².